The molecule has 2 fully saturated rings. The smallest absolute Gasteiger partial charge is 0.123 e. The fourth-order valence-corrected chi connectivity index (χ4v) is 3.49. The van der Waals surface area contributed by atoms with E-state index < -0.39 is 0 Å². The highest BCUT2D eigenvalue weighted by Gasteiger charge is 2.30. The van der Waals surface area contributed by atoms with Crippen LogP contribution >= 0.6 is 0 Å². The average Bonchev–Trinajstić information content (AvgIpc) is 2.94. The molecule has 0 radical (unpaired) electrons. The highest BCUT2D eigenvalue weighted by atomic mass is 16.5. The van der Waals surface area contributed by atoms with Gasteiger partial charge in [-0.15, -0.1) is 0 Å². The maximum atomic E-state index is 9.29. The van der Waals surface area contributed by atoms with E-state index in [9.17, 15) is 5.11 Å². The Kier molecular flexibility index (Phi) is 4.24. The molecule has 110 valence electrons. The summed E-state index contributed by atoms with van der Waals surface area (Å²) in [5.41, 5.74) is 2.14. The van der Waals surface area contributed by atoms with E-state index >= 15 is 0 Å². The minimum absolute atomic E-state index is 0.0907. The number of aliphatic hydroxyl groups excluding tert-OH is 1. The van der Waals surface area contributed by atoms with Crippen LogP contribution in [0.5, 0.6) is 5.75 Å². The van der Waals surface area contributed by atoms with Gasteiger partial charge >= 0.3 is 0 Å². The number of hydrogen-bond donors (Lipinski definition) is 1. The largest absolute Gasteiger partial charge is 0.496 e. The van der Waals surface area contributed by atoms with Crippen molar-refractivity contribution in [3.8, 4) is 5.75 Å². The molecule has 3 rings (SSSR count). The molecule has 1 aromatic rings. The summed E-state index contributed by atoms with van der Waals surface area (Å²) in [6.45, 7) is 5.76. The van der Waals surface area contributed by atoms with Gasteiger partial charge in [0.2, 0.25) is 0 Å². The summed E-state index contributed by atoms with van der Waals surface area (Å²) >= 11 is 0. The van der Waals surface area contributed by atoms with Crippen molar-refractivity contribution in [1.82, 2.24) is 9.80 Å². The van der Waals surface area contributed by atoms with Crippen molar-refractivity contribution < 1.29 is 9.84 Å². The number of rotatable bonds is 4. The van der Waals surface area contributed by atoms with E-state index in [2.05, 4.69) is 15.9 Å². The first kappa shape index (κ1) is 13.9. The molecule has 1 unspecified atom stereocenters. The summed E-state index contributed by atoms with van der Waals surface area (Å²) in [5.74, 6) is 0.927. The Balaban J connectivity index is 1.70. The summed E-state index contributed by atoms with van der Waals surface area (Å²) in [4.78, 5) is 5.14. The number of benzene rings is 1. The van der Waals surface area contributed by atoms with Crippen molar-refractivity contribution in [3.05, 3.63) is 29.3 Å². The van der Waals surface area contributed by atoms with Gasteiger partial charge in [-0.3, -0.25) is 9.80 Å². The molecule has 0 amide bonds. The van der Waals surface area contributed by atoms with Gasteiger partial charge in [0.15, 0.2) is 0 Å². The standard InChI is InChI=1S/C16H24N2O2/c1-20-16-5-4-13(12-19)9-14(16)10-17-7-8-18-6-2-3-15(18)11-17/h4-5,9,15,19H,2-3,6-8,10-12H2,1H3. The molecular weight excluding hydrogens is 252 g/mol. The van der Waals surface area contributed by atoms with Crippen molar-refractivity contribution in [1.29, 1.82) is 0 Å². The Morgan fingerprint density at radius 2 is 2.20 bits per heavy atom. The summed E-state index contributed by atoms with van der Waals surface area (Å²) < 4.78 is 5.45. The van der Waals surface area contributed by atoms with Crippen LogP contribution in [0.2, 0.25) is 0 Å². The number of fused-ring (bicyclic) bond motifs is 1. The summed E-state index contributed by atoms with van der Waals surface area (Å²) in [7, 11) is 1.71. The van der Waals surface area contributed by atoms with E-state index in [1.807, 2.05) is 12.1 Å². The second-order valence-electron chi connectivity index (χ2n) is 5.87. The van der Waals surface area contributed by atoms with Gasteiger partial charge in [-0.1, -0.05) is 6.07 Å². The van der Waals surface area contributed by atoms with E-state index in [0.717, 1.165) is 37.0 Å². The number of hydrogen-bond acceptors (Lipinski definition) is 4. The molecule has 4 heteroatoms. The third-order valence-electron chi connectivity index (χ3n) is 4.59. The zero-order valence-corrected chi connectivity index (χ0v) is 12.2. The molecule has 0 spiro atoms. The summed E-state index contributed by atoms with van der Waals surface area (Å²) in [6.07, 6.45) is 2.69. The molecule has 2 saturated heterocycles. The molecule has 1 aromatic carbocycles. The fraction of sp³-hybridized carbons (Fsp3) is 0.625. The highest BCUT2D eigenvalue weighted by molar-refractivity contribution is 5.37. The normalized spacial score (nSPS) is 23.8. The van der Waals surface area contributed by atoms with Crippen molar-refractivity contribution >= 4 is 0 Å². The number of methoxy groups -OCH3 is 1. The topological polar surface area (TPSA) is 35.9 Å². The Morgan fingerprint density at radius 3 is 3.00 bits per heavy atom. The van der Waals surface area contributed by atoms with Crippen LogP contribution in [0.1, 0.15) is 24.0 Å². The SMILES string of the molecule is COc1ccc(CO)cc1CN1CCN2CCCC2C1. The average molecular weight is 276 g/mol. The third-order valence-corrected chi connectivity index (χ3v) is 4.59. The molecule has 0 bridgehead atoms. The predicted octanol–water partition coefficient (Wildman–Crippen LogP) is 1.47. The maximum absolute atomic E-state index is 9.29. The van der Waals surface area contributed by atoms with Gasteiger partial charge in [0.25, 0.3) is 0 Å². The van der Waals surface area contributed by atoms with Crippen molar-refractivity contribution in [2.45, 2.75) is 32.0 Å². The van der Waals surface area contributed by atoms with Crippen LogP contribution in [0.3, 0.4) is 0 Å². The Labute approximate surface area is 120 Å². The van der Waals surface area contributed by atoms with Crippen LogP contribution in [0.15, 0.2) is 18.2 Å². The van der Waals surface area contributed by atoms with E-state index in [4.69, 9.17) is 4.74 Å². The van der Waals surface area contributed by atoms with Gasteiger partial charge in [0.05, 0.1) is 13.7 Å². The van der Waals surface area contributed by atoms with Crippen LogP contribution in [-0.4, -0.2) is 54.2 Å². The van der Waals surface area contributed by atoms with Gasteiger partial charge in [-0.2, -0.15) is 0 Å². The molecule has 20 heavy (non-hydrogen) atoms. The summed E-state index contributed by atoms with van der Waals surface area (Å²) in [6, 6.07) is 6.71. The zero-order chi connectivity index (χ0) is 13.9. The van der Waals surface area contributed by atoms with Crippen molar-refractivity contribution in [2.75, 3.05) is 33.3 Å². The molecule has 1 N–H and O–H groups in total. The Bertz CT molecular complexity index is 464. The van der Waals surface area contributed by atoms with E-state index in [1.54, 1.807) is 7.11 Å². The van der Waals surface area contributed by atoms with E-state index in [0.29, 0.717) is 0 Å². The number of nitrogens with zero attached hydrogens (tertiary/aromatic N) is 2. The first-order valence-electron chi connectivity index (χ1n) is 7.53. The molecule has 2 aliphatic rings. The summed E-state index contributed by atoms with van der Waals surface area (Å²) in [5, 5.41) is 9.29. The van der Waals surface area contributed by atoms with Crippen LogP contribution in [-0.2, 0) is 13.2 Å². The maximum Gasteiger partial charge on any atom is 0.123 e. The van der Waals surface area contributed by atoms with Crippen molar-refractivity contribution in [3.63, 3.8) is 0 Å². The Morgan fingerprint density at radius 1 is 1.30 bits per heavy atom. The lowest BCUT2D eigenvalue weighted by Gasteiger charge is -2.37. The molecular formula is C16H24N2O2. The van der Waals surface area contributed by atoms with Gasteiger partial charge in [-0.05, 0) is 37.1 Å². The predicted molar refractivity (Wildman–Crippen MR) is 78.8 cm³/mol. The third kappa shape index (κ3) is 2.82. The Hall–Kier alpha value is -1.10. The van der Waals surface area contributed by atoms with Crippen LogP contribution < -0.4 is 4.74 Å². The lowest BCUT2D eigenvalue weighted by molar-refractivity contribution is 0.0987. The number of piperazine rings is 1. The lowest BCUT2D eigenvalue weighted by atomic mass is 10.1. The second-order valence-corrected chi connectivity index (χ2v) is 5.87. The van der Waals surface area contributed by atoms with Gasteiger partial charge in [-0.25, -0.2) is 0 Å². The highest BCUT2D eigenvalue weighted by Crippen LogP contribution is 2.26. The molecule has 4 nitrogen and oxygen atoms in total. The van der Waals surface area contributed by atoms with Crippen LogP contribution in [0.4, 0.5) is 0 Å². The first-order valence-corrected chi connectivity index (χ1v) is 7.53. The zero-order valence-electron chi connectivity index (χ0n) is 12.2. The molecule has 2 heterocycles. The van der Waals surface area contributed by atoms with Gasteiger partial charge in [0.1, 0.15) is 5.75 Å². The second kappa shape index (κ2) is 6.12. The number of aliphatic hydroxyl groups is 1. The van der Waals surface area contributed by atoms with E-state index in [-0.39, 0.29) is 6.61 Å². The first-order chi connectivity index (χ1) is 9.80. The minimum atomic E-state index is 0.0907. The molecule has 2 aliphatic heterocycles. The quantitative estimate of drug-likeness (QED) is 0.903. The molecule has 1 atom stereocenters. The van der Waals surface area contributed by atoms with Crippen molar-refractivity contribution in [2.24, 2.45) is 0 Å². The van der Waals surface area contributed by atoms with Gasteiger partial charge in [0, 0.05) is 37.8 Å². The molecule has 0 aromatic heterocycles. The van der Waals surface area contributed by atoms with Gasteiger partial charge < -0.3 is 9.84 Å². The minimum Gasteiger partial charge on any atom is -0.496 e. The lowest BCUT2D eigenvalue weighted by Crippen LogP contribution is -2.49. The van der Waals surface area contributed by atoms with E-state index in [1.165, 1.54) is 31.5 Å². The molecule has 0 saturated carbocycles. The van der Waals surface area contributed by atoms with Crippen LogP contribution in [0, 0.1) is 0 Å². The van der Waals surface area contributed by atoms with Crippen LogP contribution in [0.25, 0.3) is 0 Å². The number of ether oxygens (including phenoxy) is 1. The monoisotopic (exact) mass is 276 g/mol. The molecule has 0 aliphatic carbocycles. The fourth-order valence-electron chi connectivity index (χ4n) is 3.49.